The van der Waals surface area contributed by atoms with E-state index < -0.39 is 10.2 Å². The van der Waals surface area contributed by atoms with E-state index in [1.807, 2.05) is 0 Å². The Morgan fingerprint density at radius 3 is 1.08 bits per heavy atom. The number of halogens is 1. The highest BCUT2D eigenvalue weighted by atomic mass is 35.7. The summed E-state index contributed by atoms with van der Waals surface area (Å²) >= 11 is 0. The molecule has 132 valence electrons. The number of anilines is 2. The van der Waals surface area contributed by atoms with Gasteiger partial charge in [-0.3, -0.25) is 5.32 Å². The van der Waals surface area contributed by atoms with Crippen molar-refractivity contribution in [3.05, 3.63) is 48.5 Å². The van der Waals surface area contributed by atoms with Gasteiger partial charge in [-0.25, -0.2) is 18.6 Å². The third-order valence-corrected chi connectivity index (χ3v) is 3.15. The number of nitrogens with two attached hydrogens (primary N) is 1. The second-order valence-electron chi connectivity index (χ2n) is 5.49. The quantitative estimate of drug-likeness (QED) is 0.611. The maximum atomic E-state index is 8.49. The van der Waals surface area contributed by atoms with Crippen molar-refractivity contribution in [2.45, 2.75) is 0 Å². The lowest BCUT2D eigenvalue weighted by Crippen LogP contribution is -2.70. The third-order valence-electron chi connectivity index (χ3n) is 3.15. The smallest absolute Gasteiger partial charge is 0.134 e. The maximum absolute atomic E-state index is 8.49. The molecule has 0 amide bonds. The van der Waals surface area contributed by atoms with Gasteiger partial charge in [-0.05, 0) is 24.3 Å². The Hall–Kier alpha value is -1.87. The van der Waals surface area contributed by atoms with Crippen LogP contribution in [0.15, 0.2) is 48.5 Å². The summed E-state index contributed by atoms with van der Waals surface area (Å²) in [6.07, 6.45) is 0. The van der Waals surface area contributed by atoms with Gasteiger partial charge in [-0.2, -0.15) is 0 Å². The van der Waals surface area contributed by atoms with Crippen LogP contribution in [0.4, 0.5) is 22.7 Å². The first kappa shape index (κ1) is 20.2. The molecule has 8 heteroatoms. The predicted molar refractivity (Wildman–Crippen MR) is 82.8 cm³/mol. The highest BCUT2D eigenvalue weighted by molar-refractivity contribution is 5.52. The summed E-state index contributed by atoms with van der Waals surface area (Å²) in [5.74, 6) is 0. The molecule has 0 aliphatic heterocycles. The zero-order valence-corrected chi connectivity index (χ0v) is 14.9. The van der Waals surface area contributed by atoms with E-state index in [0.29, 0.717) is 0 Å². The number of quaternary nitrogens is 1. The molecule has 0 radical (unpaired) electrons. The molecule has 0 atom stereocenters. The van der Waals surface area contributed by atoms with E-state index in [9.17, 15) is 0 Å². The largest absolute Gasteiger partial charge is 0.378 e. The van der Waals surface area contributed by atoms with Crippen LogP contribution in [-0.2, 0) is 0 Å². The molecule has 24 heavy (non-hydrogen) atoms. The summed E-state index contributed by atoms with van der Waals surface area (Å²) in [4.78, 5) is 4.21. The Balaban J connectivity index is 0.000000505. The van der Waals surface area contributed by atoms with E-state index in [2.05, 4.69) is 91.8 Å². The first-order valence-electron chi connectivity index (χ1n) is 7.07. The van der Waals surface area contributed by atoms with Crippen molar-refractivity contribution in [2.24, 2.45) is 0 Å². The van der Waals surface area contributed by atoms with Crippen LogP contribution < -0.4 is 33.8 Å². The third kappa shape index (κ3) is 8.11. The monoisotopic (exact) mass is 355 g/mol. The lowest BCUT2D eigenvalue weighted by molar-refractivity contribution is -2.00. The van der Waals surface area contributed by atoms with E-state index in [1.54, 1.807) is 0 Å². The first-order chi connectivity index (χ1) is 11.1. The van der Waals surface area contributed by atoms with Crippen molar-refractivity contribution in [2.75, 3.05) is 38.0 Å². The van der Waals surface area contributed by atoms with Crippen LogP contribution in [0.1, 0.15) is 0 Å². The fraction of sp³-hybridized carbons (Fsp3) is 0.250. The van der Waals surface area contributed by atoms with Gasteiger partial charge in [0.05, 0.1) is 0 Å². The standard InChI is InChI=1S/C16H21N3.ClHO4/c1-18(2)15-9-5-13(6-10-15)17-14-7-11-16(12-8-14)19(3)4;2-1(3,4)5/h5-12,17H,1-4H3;(H,2,3,4,5). The van der Waals surface area contributed by atoms with E-state index in [0.717, 1.165) is 0 Å². The van der Waals surface area contributed by atoms with Crippen LogP contribution in [0.5, 0.6) is 0 Å². The van der Waals surface area contributed by atoms with E-state index in [4.69, 9.17) is 18.6 Å². The molecule has 0 saturated heterocycles. The molecule has 0 heterocycles. The Kier molecular flexibility index (Phi) is 7.43. The van der Waals surface area contributed by atoms with Crippen molar-refractivity contribution >= 4 is 22.7 Å². The van der Waals surface area contributed by atoms with Gasteiger partial charge in [0.25, 0.3) is 0 Å². The lowest BCUT2D eigenvalue weighted by Gasteiger charge is -2.17. The molecule has 0 aliphatic carbocycles. The van der Waals surface area contributed by atoms with Crippen molar-refractivity contribution in [3.63, 3.8) is 0 Å². The SMILES string of the molecule is CN(C)c1ccc([NH2+]c2ccc(N(C)C)cc2)cc1.[O-][Cl+3]([O-])([O-])[O-]. The van der Waals surface area contributed by atoms with Gasteiger partial charge in [0.1, 0.15) is 11.4 Å². The number of hydrogen-bond donors (Lipinski definition) is 1. The Morgan fingerprint density at radius 2 is 0.875 bits per heavy atom. The van der Waals surface area contributed by atoms with E-state index in [-0.39, 0.29) is 0 Å². The van der Waals surface area contributed by atoms with Gasteiger partial charge in [-0.1, -0.05) is 0 Å². The zero-order valence-electron chi connectivity index (χ0n) is 14.1. The molecule has 2 aromatic carbocycles. The summed E-state index contributed by atoms with van der Waals surface area (Å²) in [5, 5.41) is 2.19. The molecule has 0 bridgehead atoms. The molecule has 0 spiro atoms. The lowest BCUT2D eigenvalue weighted by atomic mass is 10.2. The van der Waals surface area contributed by atoms with Crippen LogP contribution in [0.25, 0.3) is 0 Å². The normalized spacial score (nSPS) is 10.7. The molecule has 0 unspecified atom stereocenters. The number of benzene rings is 2. The minimum absolute atomic E-state index is 1.22. The highest BCUT2D eigenvalue weighted by Gasteiger charge is 2.02. The van der Waals surface area contributed by atoms with Crippen molar-refractivity contribution in [3.8, 4) is 0 Å². The molecule has 2 aromatic rings. The van der Waals surface area contributed by atoms with Crippen molar-refractivity contribution < 1.29 is 34.2 Å². The highest BCUT2D eigenvalue weighted by Crippen LogP contribution is 2.15. The fourth-order valence-corrected chi connectivity index (χ4v) is 1.93. The Morgan fingerprint density at radius 1 is 0.625 bits per heavy atom. The molecule has 0 aliphatic rings. The van der Waals surface area contributed by atoms with E-state index >= 15 is 0 Å². The molecule has 2 rings (SSSR count). The van der Waals surface area contributed by atoms with Gasteiger partial charge in [0.15, 0.2) is 0 Å². The van der Waals surface area contributed by atoms with Gasteiger partial charge in [0.2, 0.25) is 0 Å². The average molecular weight is 356 g/mol. The van der Waals surface area contributed by atoms with Gasteiger partial charge in [-0.15, -0.1) is 10.2 Å². The minimum atomic E-state index is -4.94. The van der Waals surface area contributed by atoms with Crippen LogP contribution in [-0.4, -0.2) is 28.2 Å². The number of rotatable bonds is 4. The molecule has 0 fully saturated rings. The summed E-state index contributed by atoms with van der Waals surface area (Å²) < 4.78 is 34.0. The molecule has 0 aromatic heterocycles. The maximum Gasteiger partial charge on any atom is 0.134 e. The second-order valence-corrected chi connectivity index (χ2v) is 6.25. The van der Waals surface area contributed by atoms with Crippen molar-refractivity contribution in [1.29, 1.82) is 0 Å². The Labute approximate surface area is 144 Å². The van der Waals surface area contributed by atoms with Gasteiger partial charge < -0.3 is 9.80 Å². The summed E-state index contributed by atoms with van der Waals surface area (Å²) in [6.45, 7) is 0. The van der Waals surface area contributed by atoms with Crippen molar-refractivity contribution in [1.82, 2.24) is 0 Å². The molecule has 0 saturated carbocycles. The van der Waals surface area contributed by atoms with E-state index in [1.165, 1.54) is 22.7 Å². The van der Waals surface area contributed by atoms with Crippen LogP contribution in [0.2, 0.25) is 0 Å². The minimum Gasteiger partial charge on any atom is -0.378 e. The molecule has 7 nitrogen and oxygen atoms in total. The molecular weight excluding hydrogens is 334 g/mol. The Bertz CT molecular complexity index is 555. The second kappa shape index (κ2) is 8.84. The summed E-state index contributed by atoms with van der Waals surface area (Å²) in [7, 11) is 3.27. The first-order valence-corrected chi connectivity index (χ1v) is 8.31. The fourth-order valence-electron chi connectivity index (χ4n) is 1.93. The van der Waals surface area contributed by atoms with Gasteiger partial charge >= 0.3 is 0 Å². The molecular formula is C16H22ClN3O4. The summed E-state index contributed by atoms with van der Waals surface area (Å²) in [6, 6.07) is 17.1. The summed E-state index contributed by atoms with van der Waals surface area (Å²) in [5.41, 5.74) is 4.90. The number of hydrogen-bond acceptors (Lipinski definition) is 6. The van der Waals surface area contributed by atoms with Crippen LogP contribution in [0.3, 0.4) is 0 Å². The predicted octanol–water partition coefficient (Wildman–Crippen LogP) is -2.41. The van der Waals surface area contributed by atoms with Crippen LogP contribution in [0, 0.1) is 10.2 Å². The average Bonchev–Trinajstić information content (AvgIpc) is 2.46. The zero-order chi connectivity index (χ0) is 18.3. The number of nitrogens with zero attached hydrogens (tertiary/aromatic N) is 2. The van der Waals surface area contributed by atoms with Gasteiger partial charge in [0, 0.05) is 63.8 Å². The van der Waals surface area contributed by atoms with Crippen LogP contribution >= 0.6 is 0 Å². The molecule has 2 N–H and O–H groups in total. The topological polar surface area (TPSA) is 115 Å².